The SMILES string of the molecule is Cc1cc(C)c(N2CCN(c3c(C)cc(C)cc3C)C2C(C)C)c(C)c1.Cc1cc([N+](=O)[O-])ccc1OC(C)C.[Ru]. The Labute approximate surface area is 260 Å². The van der Waals surface area contributed by atoms with Crippen LogP contribution in [0.25, 0.3) is 0 Å². The van der Waals surface area contributed by atoms with E-state index in [2.05, 4.69) is 89.5 Å². The number of nitrogens with zero attached hydrogens (tertiary/aromatic N) is 3. The van der Waals surface area contributed by atoms with E-state index in [-0.39, 0.29) is 31.3 Å². The molecule has 4 rings (SSSR count). The number of hydrogen-bond donors (Lipinski definition) is 0. The van der Waals surface area contributed by atoms with Crippen molar-refractivity contribution in [3.8, 4) is 5.75 Å². The van der Waals surface area contributed by atoms with Gasteiger partial charge in [-0.15, -0.1) is 0 Å². The first kappa shape index (κ1) is 34.3. The Kier molecular flexibility index (Phi) is 12.0. The molecule has 1 aliphatic heterocycles. The summed E-state index contributed by atoms with van der Waals surface area (Å²) in [5.41, 5.74) is 12.0. The minimum Gasteiger partial charge on any atom is -0.491 e. The molecule has 0 unspecified atom stereocenters. The van der Waals surface area contributed by atoms with Crippen LogP contribution < -0.4 is 14.5 Å². The van der Waals surface area contributed by atoms with E-state index in [1.165, 1.54) is 56.9 Å². The van der Waals surface area contributed by atoms with Gasteiger partial charge in [0.05, 0.1) is 11.0 Å². The Morgan fingerprint density at radius 3 is 1.46 bits per heavy atom. The fourth-order valence-corrected chi connectivity index (χ4v) is 6.24. The third-order valence-electron chi connectivity index (χ3n) is 7.39. The van der Waals surface area contributed by atoms with Crippen LogP contribution in [0.15, 0.2) is 42.5 Å². The molecule has 0 bridgehead atoms. The maximum atomic E-state index is 10.5. The zero-order chi connectivity index (χ0) is 29.9. The van der Waals surface area contributed by atoms with Gasteiger partial charge in [0.2, 0.25) is 0 Å². The number of anilines is 2. The van der Waals surface area contributed by atoms with E-state index in [1.807, 2.05) is 13.8 Å². The van der Waals surface area contributed by atoms with Crippen molar-refractivity contribution in [3.63, 3.8) is 0 Å². The Bertz CT molecular complexity index is 1260. The second kappa shape index (κ2) is 14.3. The Morgan fingerprint density at radius 2 is 1.15 bits per heavy atom. The van der Waals surface area contributed by atoms with E-state index in [0.717, 1.165) is 18.7 Å². The number of rotatable bonds is 6. The molecule has 3 aromatic carbocycles. The van der Waals surface area contributed by atoms with Crippen LogP contribution in [0.5, 0.6) is 5.75 Å². The summed E-state index contributed by atoms with van der Waals surface area (Å²) in [7, 11) is 0. The van der Waals surface area contributed by atoms with Crippen LogP contribution in [0.2, 0.25) is 0 Å². The topological polar surface area (TPSA) is 58.9 Å². The molecule has 0 atom stereocenters. The van der Waals surface area contributed by atoms with Gasteiger partial charge in [0.1, 0.15) is 11.9 Å². The first-order chi connectivity index (χ1) is 18.7. The summed E-state index contributed by atoms with van der Waals surface area (Å²) < 4.78 is 5.46. The van der Waals surface area contributed by atoms with Crippen molar-refractivity contribution in [1.29, 1.82) is 0 Å². The third-order valence-corrected chi connectivity index (χ3v) is 7.39. The predicted molar refractivity (Wildman–Crippen MR) is 168 cm³/mol. The monoisotopic (exact) mass is 647 g/mol. The van der Waals surface area contributed by atoms with E-state index in [0.29, 0.717) is 17.8 Å². The third kappa shape index (κ3) is 8.10. The zero-order valence-corrected chi connectivity index (χ0v) is 28.3. The van der Waals surface area contributed by atoms with Gasteiger partial charge in [0, 0.05) is 56.1 Å². The molecule has 0 aromatic heterocycles. The van der Waals surface area contributed by atoms with E-state index >= 15 is 0 Å². The van der Waals surface area contributed by atoms with Crippen LogP contribution in [0.4, 0.5) is 17.1 Å². The van der Waals surface area contributed by atoms with Gasteiger partial charge in [-0.05, 0) is 102 Å². The second-order valence-electron chi connectivity index (χ2n) is 11.9. The van der Waals surface area contributed by atoms with Gasteiger partial charge in [0.25, 0.3) is 5.69 Å². The second-order valence-corrected chi connectivity index (χ2v) is 11.9. The molecule has 41 heavy (non-hydrogen) atoms. The molecule has 0 N–H and O–H groups in total. The quantitative estimate of drug-likeness (QED) is 0.153. The molecule has 1 aliphatic rings. The molecule has 0 radical (unpaired) electrons. The number of non-ortho nitro benzene ring substituents is 1. The average Bonchev–Trinajstić information content (AvgIpc) is 3.23. The summed E-state index contributed by atoms with van der Waals surface area (Å²) in [6.07, 6.45) is 0.477. The standard InChI is InChI=1S/C24H34N2.C10H13NO3.Ru/c1-15(2)24-25(22-18(5)11-16(3)12-19(22)6)9-10-26(24)23-20(7)13-17(4)14-21(23)8;1-7(2)14-10-5-4-9(11(12)13)6-8(10)3;/h11-15,24H,9-10H2,1-8H3;4-7H,1-3H3;. The Morgan fingerprint density at radius 1 is 0.732 bits per heavy atom. The number of hydrogen-bond acceptors (Lipinski definition) is 5. The number of benzene rings is 3. The van der Waals surface area contributed by atoms with Crippen LogP contribution in [0.1, 0.15) is 66.6 Å². The summed E-state index contributed by atoms with van der Waals surface area (Å²) in [5.74, 6) is 1.25. The molecule has 7 heteroatoms. The van der Waals surface area contributed by atoms with E-state index in [4.69, 9.17) is 4.74 Å². The van der Waals surface area contributed by atoms with Gasteiger partial charge < -0.3 is 14.5 Å². The molecule has 6 nitrogen and oxygen atoms in total. The molecule has 0 saturated carbocycles. The first-order valence-corrected chi connectivity index (χ1v) is 14.3. The molecule has 0 spiro atoms. The summed E-state index contributed by atoms with van der Waals surface area (Å²) in [6.45, 7) is 25.9. The van der Waals surface area contributed by atoms with Gasteiger partial charge in [-0.25, -0.2) is 0 Å². The van der Waals surface area contributed by atoms with Gasteiger partial charge >= 0.3 is 0 Å². The molecule has 0 amide bonds. The average molecular weight is 647 g/mol. The molecule has 1 saturated heterocycles. The molecule has 0 aliphatic carbocycles. The minimum absolute atomic E-state index is 0. The fraction of sp³-hybridized carbons (Fsp3) is 0.471. The van der Waals surface area contributed by atoms with E-state index < -0.39 is 4.92 Å². The van der Waals surface area contributed by atoms with Crippen molar-refractivity contribution in [2.24, 2.45) is 5.92 Å². The van der Waals surface area contributed by atoms with Crippen molar-refractivity contribution < 1.29 is 29.1 Å². The largest absolute Gasteiger partial charge is 0.491 e. The zero-order valence-electron chi connectivity index (χ0n) is 26.6. The minimum atomic E-state index is -0.411. The van der Waals surface area contributed by atoms with E-state index in [1.54, 1.807) is 13.0 Å². The van der Waals surface area contributed by atoms with Crippen molar-refractivity contribution in [2.75, 3.05) is 22.9 Å². The van der Waals surface area contributed by atoms with Crippen molar-refractivity contribution >= 4 is 17.1 Å². The van der Waals surface area contributed by atoms with Crippen LogP contribution in [0, 0.1) is 64.5 Å². The van der Waals surface area contributed by atoms with Crippen LogP contribution in [0.3, 0.4) is 0 Å². The van der Waals surface area contributed by atoms with Gasteiger partial charge in [-0.2, -0.15) is 0 Å². The fourth-order valence-electron chi connectivity index (χ4n) is 6.24. The number of ether oxygens (including phenoxy) is 1. The molecular weight excluding hydrogens is 599 g/mol. The van der Waals surface area contributed by atoms with Crippen molar-refractivity contribution in [3.05, 3.63) is 91.5 Å². The summed E-state index contributed by atoms with van der Waals surface area (Å²) in [5, 5.41) is 10.5. The maximum Gasteiger partial charge on any atom is 0.269 e. The maximum absolute atomic E-state index is 10.5. The molecular formula is C34H47N3O3Ru. The Balaban J connectivity index is 0.000000334. The summed E-state index contributed by atoms with van der Waals surface area (Å²) in [4.78, 5) is 15.3. The van der Waals surface area contributed by atoms with Gasteiger partial charge in [-0.3, -0.25) is 10.1 Å². The first-order valence-electron chi connectivity index (χ1n) is 14.3. The molecule has 3 aromatic rings. The number of nitro groups is 1. The van der Waals surface area contributed by atoms with E-state index in [9.17, 15) is 10.1 Å². The van der Waals surface area contributed by atoms with Gasteiger partial charge in [-0.1, -0.05) is 49.2 Å². The summed E-state index contributed by atoms with van der Waals surface area (Å²) >= 11 is 0. The van der Waals surface area contributed by atoms with Crippen molar-refractivity contribution in [2.45, 2.75) is 88.4 Å². The number of nitro benzene ring substituents is 1. The predicted octanol–water partition coefficient (Wildman–Crippen LogP) is 8.53. The Hall–Kier alpha value is -2.92. The van der Waals surface area contributed by atoms with Crippen LogP contribution in [-0.4, -0.2) is 30.3 Å². The van der Waals surface area contributed by atoms with Crippen molar-refractivity contribution in [1.82, 2.24) is 0 Å². The number of aryl methyl sites for hydroxylation is 7. The molecule has 224 valence electrons. The van der Waals surface area contributed by atoms with Crippen LogP contribution >= 0.6 is 0 Å². The normalized spacial score (nSPS) is 13.3. The van der Waals surface area contributed by atoms with Crippen LogP contribution in [-0.2, 0) is 19.5 Å². The molecule has 1 heterocycles. The van der Waals surface area contributed by atoms with Gasteiger partial charge in [0.15, 0.2) is 0 Å². The molecule has 1 fully saturated rings. The smallest absolute Gasteiger partial charge is 0.269 e. The summed E-state index contributed by atoms with van der Waals surface area (Å²) in [6, 6.07) is 13.9.